The molecule has 30 heavy (non-hydrogen) atoms. The van der Waals surface area contributed by atoms with Crippen LogP contribution in [-0.4, -0.2) is 42.0 Å². The van der Waals surface area contributed by atoms with Crippen LogP contribution in [0.4, 0.5) is 15.9 Å². The maximum atomic E-state index is 13.0. The number of pyridine rings is 1. The smallest absolute Gasteiger partial charge is 0.228 e. The predicted molar refractivity (Wildman–Crippen MR) is 117 cm³/mol. The molecule has 2 heterocycles. The van der Waals surface area contributed by atoms with E-state index in [0.717, 1.165) is 49.8 Å². The molecule has 0 spiro atoms. The normalized spacial score (nSPS) is 14.5. The van der Waals surface area contributed by atoms with E-state index in [1.54, 1.807) is 12.1 Å². The van der Waals surface area contributed by atoms with Gasteiger partial charge in [-0.25, -0.2) is 9.37 Å². The molecule has 3 aromatic rings. The summed E-state index contributed by atoms with van der Waals surface area (Å²) < 4.78 is 13.0. The first kappa shape index (κ1) is 20.0. The number of hydrogen-bond donors (Lipinski definition) is 1. The van der Waals surface area contributed by atoms with Gasteiger partial charge in [0.15, 0.2) is 0 Å². The van der Waals surface area contributed by atoms with Crippen LogP contribution in [0.1, 0.15) is 11.1 Å². The number of nitrogens with zero attached hydrogens (tertiary/aromatic N) is 3. The first-order chi connectivity index (χ1) is 14.7. The SMILES string of the molecule is O=C(Cc1ccc(F)cc1)Nc1ccc(CN2CCN(c3ccccn3)CC2)cc1. The number of amides is 1. The Bertz CT molecular complexity index is 953. The average Bonchev–Trinajstić information content (AvgIpc) is 2.78. The van der Waals surface area contributed by atoms with E-state index in [4.69, 9.17) is 0 Å². The lowest BCUT2D eigenvalue weighted by molar-refractivity contribution is -0.115. The highest BCUT2D eigenvalue weighted by molar-refractivity contribution is 5.92. The molecule has 4 rings (SSSR count). The van der Waals surface area contributed by atoms with Crippen molar-refractivity contribution in [3.8, 4) is 0 Å². The largest absolute Gasteiger partial charge is 0.354 e. The van der Waals surface area contributed by atoms with Crippen LogP contribution in [-0.2, 0) is 17.8 Å². The van der Waals surface area contributed by atoms with Gasteiger partial charge in [-0.2, -0.15) is 0 Å². The Labute approximate surface area is 176 Å². The van der Waals surface area contributed by atoms with Crippen LogP contribution in [0.2, 0.25) is 0 Å². The summed E-state index contributed by atoms with van der Waals surface area (Å²) >= 11 is 0. The van der Waals surface area contributed by atoms with Crippen LogP contribution in [0.3, 0.4) is 0 Å². The molecule has 6 heteroatoms. The molecule has 1 amide bonds. The fraction of sp³-hybridized carbons (Fsp3) is 0.250. The third kappa shape index (κ3) is 5.42. The minimum Gasteiger partial charge on any atom is -0.354 e. The molecule has 0 radical (unpaired) electrons. The lowest BCUT2D eigenvalue weighted by Gasteiger charge is -2.35. The Morgan fingerprint density at radius 1 is 0.900 bits per heavy atom. The summed E-state index contributed by atoms with van der Waals surface area (Å²) in [7, 11) is 0. The number of benzene rings is 2. The molecule has 1 saturated heterocycles. The highest BCUT2D eigenvalue weighted by Gasteiger charge is 2.17. The fourth-order valence-electron chi connectivity index (χ4n) is 3.62. The number of carbonyl (C=O) groups excluding carboxylic acids is 1. The third-order valence-electron chi connectivity index (χ3n) is 5.27. The maximum absolute atomic E-state index is 13.0. The molecule has 0 aliphatic carbocycles. The van der Waals surface area contributed by atoms with Crippen molar-refractivity contribution in [2.24, 2.45) is 0 Å². The van der Waals surface area contributed by atoms with E-state index >= 15 is 0 Å². The van der Waals surface area contributed by atoms with E-state index in [-0.39, 0.29) is 18.1 Å². The Morgan fingerprint density at radius 3 is 2.27 bits per heavy atom. The van der Waals surface area contributed by atoms with Crippen molar-refractivity contribution >= 4 is 17.4 Å². The van der Waals surface area contributed by atoms with Crippen molar-refractivity contribution in [1.82, 2.24) is 9.88 Å². The summed E-state index contributed by atoms with van der Waals surface area (Å²) in [5.41, 5.74) is 2.78. The number of hydrogen-bond acceptors (Lipinski definition) is 4. The number of aromatic nitrogens is 1. The molecule has 2 aromatic carbocycles. The zero-order valence-corrected chi connectivity index (χ0v) is 16.8. The van der Waals surface area contributed by atoms with Gasteiger partial charge in [0.1, 0.15) is 11.6 Å². The molecule has 1 fully saturated rings. The van der Waals surface area contributed by atoms with Gasteiger partial charge in [-0.05, 0) is 47.5 Å². The highest BCUT2D eigenvalue weighted by Crippen LogP contribution is 2.16. The number of halogens is 1. The van der Waals surface area contributed by atoms with Crippen molar-refractivity contribution in [3.05, 3.63) is 89.9 Å². The molecule has 1 aliphatic heterocycles. The number of nitrogens with one attached hydrogen (secondary N) is 1. The lowest BCUT2D eigenvalue weighted by atomic mass is 10.1. The van der Waals surface area contributed by atoms with Crippen molar-refractivity contribution in [1.29, 1.82) is 0 Å². The minimum atomic E-state index is -0.298. The van der Waals surface area contributed by atoms with E-state index in [1.165, 1.54) is 17.7 Å². The summed E-state index contributed by atoms with van der Waals surface area (Å²) in [6, 6.07) is 20.0. The van der Waals surface area contributed by atoms with Crippen molar-refractivity contribution in [2.45, 2.75) is 13.0 Å². The van der Waals surface area contributed by atoms with Gasteiger partial charge in [0, 0.05) is 44.6 Å². The average molecular weight is 404 g/mol. The van der Waals surface area contributed by atoms with Gasteiger partial charge in [-0.1, -0.05) is 30.3 Å². The van der Waals surface area contributed by atoms with Gasteiger partial charge < -0.3 is 10.2 Å². The van der Waals surface area contributed by atoms with Crippen molar-refractivity contribution in [2.75, 3.05) is 36.4 Å². The first-order valence-corrected chi connectivity index (χ1v) is 10.2. The van der Waals surface area contributed by atoms with Gasteiger partial charge in [-0.3, -0.25) is 9.69 Å². The molecule has 5 nitrogen and oxygen atoms in total. The van der Waals surface area contributed by atoms with Crippen LogP contribution in [0.5, 0.6) is 0 Å². The molecular formula is C24H25FN4O. The summed E-state index contributed by atoms with van der Waals surface area (Å²) in [5.74, 6) is 0.630. The molecule has 0 bridgehead atoms. The monoisotopic (exact) mass is 404 g/mol. The summed E-state index contributed by atoms with van der Waals surface area (Å²) in [5, 5.41) is 2.90. The van der Waals surface area contributed by atoms with E-state index in [1.807, 2.05) is 30.5 Å². The molecule has 1 N–H and O–H groups in total. The van der Waals surface area contributed by atoms with Gasteiger partial charge in [0.2, 0.25) is 5.91 Å². The fourth-order valence-corrected chi connectivity index (χ4v) is 3.62. The van der Waals surface area contributed by atoms with Crippen molar-refractivity contribution < 1.29 is 9.18 Å². The first-order valence-electron chi connectivity index (χ1n) is 10.2. The van der Waals surface area contributed by atoms with Crippen molar-refractivity contribution in [3.63, 3.8) is 0 Å². The van der Waals surface area contributed by atoms with Crippen LogP contribution >= 0.6 is 0 Å². The lowest BCUT2D eigenvalue weighted by Crippen LogP contribution is -2.46. The molecule has 1 aliphatic rings. The van der Waals surface area contributed by atoms with E-state index in [2.05, 4.69) is 38.3 Å². The second-order valence-electron chi connectivity index (χ2n) is 7.50. The molecule has 154 valence electrons. The third-order valence-corrected chi connectivity index (χ3v) is 5.27. The maximum Gasteiger partial charge on any atom is 0.228 e. The van der Waals surface area contributed by atoms with E-state index in [0.29, 0.717) is 0 Å². The topological polar surface area (TPSA) is 48.5 Å². The number of piperazine rings is 1. The van der Waals surface area contributed by atoms with E-state index in [9.17, 15) is 9.18 Å². The Morgan fingerprint density at radius 2 is 1.60 bits per heavy atom. The number of carbonyl (C=O) groups is 1. The van der Waals surface area contributed by atoms with Crippen LogP contribution in [0, 0.1) is 5.82 Å². The minimum absolute atomic E-state index is 0.111. The second kappa shape index (κ2) is 9.50. The number of rotatable bonds is 6. The Balaban J connectivity index is 1.25. The Kier molecular flexibility index (Phi) is 6.35. The van der Waals surface area contributed by atoms with Crippen LogP contribution in [0.15, 0.2) is 72.9 Å². The molecule has 1 aromatic heterocycles. The molecule has 0 unspecified atom stereocenters. The molecule has 0 saturated carbocycles. The summed E-state index contributed by atoms with van der Waals surface area (Å²) in [6.45, 7) is 4.81. The summed E-state index contributed by atoms with van der Waals surface area (Å²) in [6.07, 6.45) is 2.06. The molecule has 0 atom stereocenters. The predicted octanol–water partition coefficient (Wildman–Crippen LogP) is 3.72. The molecular weight excluding hydrogens is 379 g/mol. The quantitative estimate of drug-likeness (QED) is 0.680. The Hall–Kier alpha value is -3.25. The van der Waals surface area contributed by atoms with E-state index < -0.39 is 0 Å². The standard InChI is InChI=1S/C24H25FN4O/c25-21-8-4-19(5-9-21)17-24(30)27-22-10-6-20(7-11-22)18-28-13-15-29(16-14-28)23-3-1-2-12-26-23/h1-12H,13-18H2,(H,27,30). The van der Waals surface area contributed by atoms with Crippen LogP contribution in [0.25, 0.3) is 0 Å². The van der Waals surface area contributed by atoms with Crippen LogP contribution < -0.4 is 10.2 Å². The van der Waals surface area contributed by atoms with Gasteiger partial charge >= 0.3 is 0 Å². The zero-order chi connectivity index (χ0) is 20.8. The number of anilines is 2. The highest BCUT2D eigenvalue weighted by atomic mass is 19.1. The van der Waals surface area contributed by atoms with Gasteiger partial charge in [0.25, 0.3) is 0 Å². The summed E-state index contributed by atoms with van der Waals surface area (Å²) in [4.78, 5) is 21.4. The van der Waals surface area contributed by atoms with Gasteiger partial charge in [-0.15, -0.1) is 0 Å². The van der Waals surface area contributed by atoms with Gasteiger partial charge in [0.05, 0.1) is 6.42 Å². The second-order valence-corrected chi connectivity index (χ2v) is 7.50. The zero-order valence-electron chi connectivity index (χ0n) is 16.8.